The number of hydrogen-bond acceptors (Lipinski definition) is 3. The summed E-state index contributed by atoms with van der Waals surface area (Å²) in [5.41, 5.74) is 0. The monoisotopic (exact) mass is 378 g/mol. The fraction of sp³-hybridized carbons (Fsp3) is 0.474. The second-order valence-corrected chi connectivity index (χ2v) is 8.05. The van der Waals surface area contributed by atoms with E-state index >= 15 is 0 Å². The standard InChI is InChI=1S/C19H23ClN2O2S/c1-2-12-7-9-13(10-8-12)22-16(23)11-21-19(24)18-17(20)14-5-3-4-6-15(14)25-18/h3-6,12-13H,2,7-11H2,1H3,(H,21,24)(H,22,23). The van der Waals surface area contributed by atoms with Crippen LogP contribution in [0.2, 0.25) is 5.02 Å². The topological polar surface area (TPSA) is 58.2 Å². The number of benzene rings is 1. The molecule has 0 bridgehead atoms. The molecule has 0 radical (unpaired) electrons. The minimum Gasteiger partial charge on any atom is -0.352 e. The highest BCUT2D eigenvalue weighted by Gasteiger charge is 2.22. The normalized spacial score (nSPS) is 20.4. The van der Waals surface area contributed by atoms with E-state index in [1.54, 1.807) is 0 Å². The Hall–Kier alpha value is -1.59. The van der Waals surface area contributed by atoms with Crippen molar-refractivity contribution in [1.82, 2.24) is 10.6 Å². The Balaban J connectivity index is 1.51. The van der Waals surface area contributed by atoms with Crippen LogP contribution in [-0.4, -0.2) is 24.4 Å². The van der Waals surface area contributed by atoms with Gasteiger partial charge >= 0.3 is 0 Å². The maximum Gasteiger partial charge on any atom is 0.263 e. The molecule has 0 atom stereocenters. The Labute approximate surface area is 156 Å². The van der Waals surface area contributed by atoms with Crippen molar-refractivity contribution in [3.05, 3.63) is 34.2 Å². The second-order valence-electron chi connectivity index (χ2n) is 6.62. The third-order valence-electron chi connectivity index (χ3n) is 4.94. The lowest BCUT2D eigenvalue weighted by Crippen LogP contribution is -2.43. The van der Waals surface area contributed by atoms with Crippen LogP contribution < -0.4 is 10.6 Å². The number of amides is 2. The van der Waals surface area contributed by atoms with Crippen LogP contribution in [0.5, 0.6) is 0 Å². The molecule has 134 valence electrons. The first-order chi connectivity index (χ1) is 12.1. The third-order valence-corrected chi connectivity index (χ3v) is 6.61. The maximum atomic E-state index is 12.3. The van der Waals surface area contributed by atoms with Crippen molar-refractivity contribution in [3.63, 3.8) is 0 Å². The summed E-state index contributed by atoms with van der Waals surface area (Å²) in [4.78, 5) is 24.9. The van der Waals surface area contributed by atoms with E-state index in [-0.39, 0.29) is 24.4 Å². The van der Waals surface area contributed by atoms with E-state index < -0.39 is 0 Å². The molecular formula is C19H23ClN2O2S. The average Bonchev–Trinajstić information content (AvgIpc) is 2.97. The number of halogens is 1. The van der Waals surface area contributed by atoms with Crippen molar-refractivity contribution in [2.24, 2.45) is 5.92 Å². The molecule has 0 saturated heterocycles. The molecule has 1 aromatic heterocycles. The molecule has 1 aromatic carbocycles. The summed E-state index contributed by atoms with van der Waals surface area (Å²) in [5, 5.41) is 7.04. The lowest BCUT2D eigenvalue weighted by molar-refractivity contribution is -0.121. The van der Waals surface area contributed by atoms with E-state index in [0.29, 0.717) is 9.90 Å². The van der Waals surface area contributed by atoms with Gasteiger partial charge in [-0.25, -0.2) is 0 Å². The minimum atomic E-state index is -0.295. The molecule has 1 heterocycles. The summed E-state index contributed by atoms with van der Waals surface area (Å²) in [6.45, 7) is 2.20. The van der Waals surface area contributed by atoms with E-state index in [9.17, 15) is 9.59 Å². The van der Waals surface area contributed by atoms with Gasteiger partial charge in [-0.15, -0.1) is 11.3 Å². The Bertz CT molecular complexity index is 766. The first kappa shape index (κ1) is 18.2. The molecule has 0 aliphatic heterocycles. The van der Waals surface area contributed by atoms with Gasteiger partial charge in [-0.05, 0) is 37.7 Å². The summed E-state index contributed by atoms with van der Waals surface area (Å²) in [7, 11) is 0. The summed E-state index contributed by atoms with van der Waals surface area (Å²) >= 11 is 7.65. The van der Waals surface area contributed by atoms with Crippen LogP contribution >= 0.6 is 22.9 Å². The molecule has 2 aromatic rings. The smallest absolute Gasteiger partial charge is 0.263 e. The lowest BCUT2D eigenvalue weighted by Gasteiger charge is -2.28. The van der Waals surface area contributed by atoms with Gasteiger partial charge in [0.2, 0.25) is 5.91 Å². The quantitative estimate of drug-likeness (QED) is 0.811. The number of rotatable bonds is 5. The van der Waals surface area contributed by atoms with Crippen LogP contribution in [0.3, 0.4) is 0 Å². The van der Waals surface area contributed by atoms with Crippen LogP contribution in [0.1, 0.15) is 48.7 Å². The van der Waals surface area contributed by atoms with Crippen molar-refractivity contribution in [2.75, 3.05) is 6.54 Å². The number of carbonyl (C=O) groups is 2. The molecule has 1 fully saturated rings. The molecule has 4 nitrogen and oxygen atoms in total. The van der Waals surface area contributed by atoms with E-state index in [2.05, 4.69) is 17.6 Å². The Kier molecular flexibility index (Phi) is 5.97. The Morgan fingerprint density at radius 1 is 1.20 bits per heavy atom. The van der Waals surface area contributed by atoms with Crippen molar-refractivity contribution in [3.8, 4) is 0 Å². The van der Waals surface area contributed by atoms with Crippen LogP contribution in [0, 0.1) is 5.92 Å². The predicted octanol–water partition coefficient (Wildman–Crippen LogP) is 4.37. The van der Waals surface area contributed by atoms with Crippen LogP contribution in [0.15, 0.2) is 24.3 Å². The van der Waals surface area contributed by atoms with Gasteiger partial charge in [-0.3, -0.25) is 9.59 Å². The SMILES string of the molecule is CCC1CCC(NC(=O)CNC(=O)c2sc3ccccc3c2Cl)CC1. The number of thiophene rings is 1. The van der Waals surface area contributed by atoms with Gasteiger partial charge in [0.1, 0.15) is 4.88 Å². The summed E-state index contributed by atoms with van der Waals surface area (Å²) in [5.74, 6) is 0.365. The Morgan fingerprint density at radius 2 is 1.92 bits per heavy atom. The fourth-order valence-electron chi connectivity index (χ4n) is 3.39. The van der Waals surface area contributed by atoms with E-state index in [4.69, 9.17) is 11.6 Å². The maximum absolute atomic E-state index is 12.3. The number of carbonyl (C=O) groups excluding carboxylic acids is 2. The zero-order valence-electron chi connectivity index (χ0n) is 14.3. The largest absolute Gasteiger partial charge is 0.352 e. The predicted molar refractivity (Wildman–Crippen MR) is 103 cm³/mol. The molecule has 6 heteroatoms. The molecule has 25 heavy (non-hydrogen) atoms. The summed E-state index contributed by atoms with van der Waals surface area (Å²) < 4.78 is 0.967. The average molecular weight is 379 g/mol. The summed E-state index contributed by atoms with van der Waals surface area (Å²) in [6.07, 6.45) is 5.61. The first-order valence-corrected chi connectivity index (χ1v) is 10.0. The van der Waals surface area contributed by atoms with Crippen molar-refractivity contribution < 1.29 is 9.59 Å². The van der Waals surface area contributed by atoms with E-state index in [0.717, 1.165) is 28.8 Å². The molecule has 1 aliphatic rings. The van der Waals surface area contributed by atoms with E-state index in [1.807, 2.05) is 24.3 Å². The highest BCUT2D eigenvalue weighted by Crippen LogP contribution is 2.34. The number of hydrogen-bond donors (Lipinski definition) is 2. The van der Waals surface area contributed by atoms with Crippen LogP contribution in [0.25, 0.3) is 10.1 Å². The van der Waals surface area contributed by atoms with Gasteiger partial charge < -0.3 is 10.6 Å². The van der Waals surface area contributed by atoms with Gasteiger partial charge in [-0.2, -0.15) is 0 Å². The molecule has 2 amide bonds. The van der Waals surface area contributed by atoms with E-state index in [1.165, 1.54) is 30.6 Å². The highest BCUT2D eigenvalue weighted by molar-refractivity contribution is 7.21. The molecule has 0 unspecified atom stereocenters. The van der Waals surface area contributed by atoms with Gasteiger partial charge in [0.05, 0.1) is 11.6 Å². The zero-order valence-corrected chi connectivity index (χ0v) is 15.9. The van der Waals surface area contributed by atoms with Gasteiger partial charge in [0, 0.05) is 16.1 Å². The number of nitrogens with one attached hydrogen (secondary N) is 2. The minimum absolute atomic E-state index is 0.0168. The lowest BCUT2D eigenvalue weighted by atomic mass is 9.84. The summed E-state index contributed by atoms with van der Waals surface area (Å²) in [6, 6.07) is 7.87. The first-order valence-electron chi connectivity index (χ1n) is 8.83. The molecule has 0 spiro atoms. The van der Waals surface area contributed by atoms with Crippen LogP contribution in [0.4, 0.5) is 0 Å². The molecular weight excluding hydrogens is 356 g/mol. The van der Waals surface area contributed by atoms with Gasteiger partial charge in [-0.1, -0.05) is 43.1 Å². The fourth-order valence-corrected chi connectivity index (χ4v) is 4.83. The number of fused-ring (bicyclic) bond motifs is 1. The zero-order chi connectivity index (χ0) is 17.8. The van der Waals surface area contributed by atoms with Gasteiger partial charge in [0.25, 0.3) is 5.91 Å². The molecule has 1 aliphatic carbocycles. The second kappa shape index (κ2) is 8.19. The molecule has 3 rings (SSSR count). The van der Waals surface area contributed by atoms with Gasteiger partial charge in [0.15, 0.2) is 0 Å². The van der Waals surface area contributed by atoms with Crippen molar-refractivity contribution in [2.45, 2.75) is 45.1 Å². The Morgan fingerprint density at radius 3 is 2.60 bits per heavy atom. The van der Waals surface area contributed by atoms with Crippen molar-refractivity contribution >= 4 is 44.8 Å². The molecule has 1 saturated carbocycles. The van der Waals surface area contributed by atoms with Crippen LogP contribution in [-0.2, 0) is 4.79 Å². The third kappa shape index (κ3) is 4.33. The van der Waals surface area contributed by atoms with Crippen molar-refractivity contribution in [1.29, 1.82) is 0 Å². The molecule has 2 N–H and O–H groups in total. The highest BCUT2D eigenvalue weighted by atomic mass is 35.5.